The van der Waals surface area contributed by atoms with E-state index in [4.69, 9.17) is 5.73 Å². The number of thioether (sulfide) groups is 2. The van der Waals surface area contributed by atoms with E-state index < -0.39 is 0 Å². The lowest BCUT2D eigenvalue weighted by atomic mass is 10.2. The number of benzene rings is 1. The van der Waals surface area contributed by atoms with Crippen molar-refractivity contribution >= 4 is 52.5 Å². The Morgan fingerprint density at radius 1 is 1.35 bits per heavy atom. The van der Waals surface area contributed by atoms with Gasteiger partial charge in [0, 0.05) is 47.1 Å². The third kappa shape index (κ3) is 4.62. The van der Waals surface area contributed by atoms with Gasteiger partial charge in [-0.15, -0.1) is 23.5 Å². The van der Waals surface area contributed by atoms with E-state index >= 15 is 0 Å². The van der Waals surface area contributed by atoms with Crippen LogP contribution in [0.4, 0.5) is 0 Å². The molecule has 2 amide bonds. The molecule has 6 nitrogen and oxygen atoms in total. The summed E-state index contributed by atoms with van der Waals surface area (Å²) < 4.78 is 1.93. The fourth-order valence-electron chi connectivity index (χ4n) is 2.96. The van der Waals surface area contributed by atoms with Crippen LogP contribution < -0.4 is 11.2 Å². The monoisotopic (exact) mass is 390 g/mol. The van der Waals surface area contributed by atoms with Gasteiger partial charge in [0.15, 0.2) is 0 Å². The molecule has 0 bridgehead atoms. The van der Waals surface area contributed by atoms with E-state index in [0.29, 0.717) is 13.0 Å². The summed E-state index contributed by atoms with van der Waals surface area (Å²) in [5.41, 5.74) is 9.78. The highest BCUT2D eigenvalue weighted by atomic mass is 32.2. The minimum absolute atomic E-state index is 0.0512. The highest BCUT2D eigenvalue weighted by Gasteiger charge is 2.32. The Balaban J connectivity index is 1.68. The molecule has 1 saturated heterocycles. The number of carbonyl (C=O) groups excluding carboxylic acids is 2. The molecule has 0 atom stereocenters. The second kappa shape index (κ2) is 8.18. The van der Waals surface area contributed by atoms with Gasteiger partial charge in [0.25, 0.3) is 0 Å². The number of fused-ring (bicyclic) bond motifs is 1. The lowest BCUT2D eigenvalue weighted by Gasteiger charge is -2.19. The number of nitrogens with zero attached hydrogens (tertiary/aromatic N) is 2. The normalized spacial score (nSPS) is 16.3. The number of nitrogens with two attached hydrogens (primary N) is 1. The molecule has 1 aliphatic heterocycles. The van der Waals surface area contributed by atoms with E-state index in [1.807, 2.05) is 58.6 Å². The summed E-state index contributed by atoms with van der Waals surface area (Å²) in [7, 11) is 0. The van der Waals surface area contributed by atoms with Crippen LogP contribution in [0.25, 0.3) is 10.9 Å². The number of amides is 2. The fraction of sp³-hybridized carbons (Fsp3) is 0.389. The van der Waals surface area contributed by atoms with E-state index in [1.165, 1.54) is 0 Å². The number of carbonyl (C=O) groups is 2. The average molecular weight is 391 g/mol. The van der Waals surface area contributed by atoms with Crippen molar-refractivity contribution in [2.75, 3.05) is 11.5 Å². The van der Waals surface area contributed by atoms with Crippen LogP contribution in [0.5, 0.6) is 0 Å². The Morgan fingerprint density at radius 2 is 2.08 bits per heavy atom. The maximum absolute atomic E-state index is 12.1. The van der Waals surface area contributed by atoms with E-state index in [0.717, 1.165) is 28.0 Å². The minimum atomic E-state index is -0.332. The Bertz CT molecular complexity index is 841. The molecule has 26 heavy (non-hydrogen) atoms. The van der Waals surface area contributed by atoms with Crippen molar-refractivity contribution in [1.29, 1.82) is 0 Å². The van der Waals surface area contributed by atoms with Gasteiger partial charge >= 0.3 is 0 Å². The third-order valence-electron chi connectivity index (χ3n) is 4.19. The number of hydrazone groups is 1. The molecule has 1 aromatic carbocycles. The highest BCUT2D eigenvalue weighted by molar-refractivity contribution is 8.21. The van der Waals surface area contributed by atoms with Gasteiger partial charge in [0.1, 0.15) is 0 Å². The molecule has 2 aromatic rings. The first kappa shape index (κ1) is 18.8. The molecule has 3 N–H and O–H groups in total. The van der Waals surface area contributed by atoms with Crippen LogP contribution in [0.3, 0.4) is 0 Å². The largest absolute Gasteiger partial charge is 0.370 e. The van der Waals surface area contributed by atoms with E-state index in [2.05, 4.69) is 17.5 Å². The van der Waals surface area contributed by atoms with Crippen LogP contribution in [-0.2, 0) is 16.1 Å². The average Bonchev–Trinajstić information content (AvgIpc) is 3.17. The molecule has 0 aliphatic carbocycles. The molecule has 0 unspecified atom stereocenters. The van der Waals surface area contributed by atoms with Crippen LogP contribution >= 0.6 is 23.5 Å². The number of aryl methyl sites for hydroxylation is 1. The molecular formula is C18H22N4O2S2. The molecule has 0 radical (unpaired) electrons. The molecule has 1 fully saturated rings. The second-order valence-electron chi connectivity index (χ2n) is 6.31. The Labute approximate surface area is 161 Å². The first-order chi connectivity index (χ1) is 12.5. The predicted octanol–water partition coefficient (Wildman–Crippen LogP) is 2.55. The minimum Gasteiger partial charge on any atom is -0.370 e. The molecule has 8 heteroatoms. The zero-order chi connectivity index (χ0) is 18.6. The number of primary amides is 1. The molecular weight excluding hydrogens is 368 g/mol. The maximum atomic E-state index is 12.1. The van der Waals surface area contributed by atoms with Gasteiger partial charge < -0.3 is 10.3 Å². The number of hydrogen-bond donors (Lipinski definition) is 2. The number of hydrogen-bond acceptors (Lipinski definition) is 5. The van der Waals surface area contributed by atoms with Crippen LogP contribution in [0.2, 0.25) is 0 Å². The highest BCUT2D eigenvalue weighted by Crippen LogP contribution is 2.45. The van der Waals surface area contributed by atoms with Crippen LogP contribution in [0.15, 0.2) is 35.6 Å². The van der Waals surface area contributed by atoms with Crippen molar-refractivity contribution in [1.82, 2.24) is 9.99 Å². The Morgan fingerprint density at radius 3 is 2.81 bits per heavy atom. The van der Waals surface area contributed by atoms with Gasteiger partial charge in [-0.3, -0.25) is 9.59 Å². The number of rotatable bonds is 7. The van der Waals surface area contributed by atoms with E-state index in [1.54, 1.807) is 6.21 Å². The van der Waals surface area contributed by atoms with E-state index in [-0.39, 0.29) is 22.3 Å². The molecule has 0 spiro atoms. The van der Waals surface area contributed by atoms with Crippen LogP contribution in [0.1, 0.15) is 25.3 Å². The van der Waals surface area contributed by atoms with Gasteiger partial charge in [0.05, 0.1) is 16.7 Å². The molecule has 138 valence electrons. The van der Waals surface area contributed by atoms with Gasteiger partial charge in [-0.1, -0.05) is 18.2 Å². The summed E-state index contributed by atoms with van der Waals surface area (Å²) in [4.78, 5) is 23.2. The fourth-order valence-corrected chi connectivity index (χ4v) is 5.79. The number of aromatic nitrogens is 1. The van der Waals surface area contributed by atoms with Gasteiger partial charge in [-0.05, 0) is 13.0 Å². The van der Waals surface area contributed by atoms with Crippen molar-refractivity contribution < 1.29 is 9.59 Å². The third-order valence-corrected chi connectivity index (χ3v) is 7.48. The summed E-state index contributed by atoms with van der Waals surface area (Å²) in [5.74, 6) is 1.76. The van der Waals surface area contributed by atoms with Crippen molar-refractivity contribution in [2.45, 2.75) is 30.4 Å². The topological polar surface area (TPSA) is 89.5 Å². The molecule has 0 saturated carbocycles. The SMILES string of the molecule is CC1(CC(=O)N/N=C\c2cn(CCC(N)=O)c3ccccc23)SCCS1. The predicted molar refractivity (Wildman–Crippen MR) is 109 cm³/mol. The lowest BCUT2D eigenvalue weighted by Crippen LogP contribution is -2.26. The zero-order valence-electron chi connectivity index (χ0n) is 14.6. The summed E-state index contributed by atoms with van der Waals surface area (Å²) in [6.07, 6.45) is 4.30. The summed E-state index contributed by atoms with van der Waals surface area (Å²) in [5, 5.41) is 5.14. The zero-order valence-corrected chi connectivity index (χ0v) is 16.2. The molecule has 2 heterocycles. The van der Waals surface area contributed by atoms with Crippen LogP contribution in [-0.4, -0.2) is 38.2 Å². The first-order valence-corrected chi connectivity index (χ1v) is 10.4. The molecule has 1 aliphatic rings. The first-order valence-electron chi connectivity index (χ1n) is 8.43. The van der Waals surface area contributed by atoms with Gasteiger partial charge in [-0.2, -0.15) is 5.10 Å². The van der Waals surface area contributed by atoms with Crippen molar-refractivity contribution in [3.8, 4) is 0 Å². The molecule has 3 rings (SSSR count). The maximum Gasteiger partial charge on any atom is 0.242 e. The quantitative estimate of drug-likeness (QED) is 0.562. The lowest BCUT2D eigenvalue weighted by molar-refractivity contribution is -0.121. The summed E-state index contributed by atoms with van der Waals surface area (Å²) >= 11 is 3.65. The van der Waals surface area contributed by atoms with Crippen molar-refractivity contribution in [3.63, 3.8) is 0 Å². The standard InChI is InChI=1S/C18H22N4O2S2/c1-18(25-8-9-26-18)10-17(24)21-20-11-13-12-22(7-6-16(19)23)15-5-3-2-4-14(13)15/h2-5,11-12H,6-10H2,1H3,(H2,19,23)(H,21,24)/b20-11-. The van der Waals surface area contributed by atoms with Crippen molar-refractivity contribution in [2.24, 2.45) is 10.8 Å². The number of para-hydroxylation sites is 1. The Kier molecular flexibility index (Phi) is 5.93. The number of nitrogens with one attached hydrogen (secondary N) is 1. The summed E-state index contributed by atoms with van der Waals surface area (Å²) in [6.45, 7) is 2.62. The van der Waals surface area contributed by atoms with Crippen molar-refractivity contribution in [3.05, 3.63) is 36.0 Å². The van der Waals surface area contributed by atoms with Gasteiger partial charge in [0.2, 0.25) is 11.8 Å². The second-order valence-corrected chi connectivity index (χ2v) is 9.77. The van der Waals surface area contributed by atoms with Gasteiger partial charge in [-0.25, -0.2) is 5.43 Å². The Hall–Kier alpha value is -1.93. The van der Waals surface area contributed by atoms with E-state index in [9.17, 15) is 9.59 Å². The smallest absolute Gasteiger partial charge is 0.242 e. The summed E-state index contributed by atoms with van der Waals surface area (Å²) in [6, 6.07) is 7.88. The van der Waals surface area contributed by atoms with Crippen LogP contribution in [0, 0.1) is 0 Å². The molecule has 1 aromatic heterocycles.